The molecule has 0 N–H and O–H groups in total. The van der Waals surface area contributed by atoms with Gasteiger partial charge in [-0.3, -0.25) is 4.57 Å². The number of aromatic nitrogens is 3. The van der Waals surface area contributed by atoms with E-state index in [0.29, 0.717) is 0 Å². The van der Waals surface area contributed by atoms with Crippen molar-refractivity contribution in [2.45, 2.75) is 40.0 Å². The highest BCUT2D eigenvalue weighted by Crippen LogP contribution is 2.33. The summed E-state index contributed by atoms with van der Waals surface area (Å²) in [7, 11) is 0. The molecule has 0 aliphatic heterocycles. The highest BCUT2D eigenvalue weighted by molar-refractivity contribution is 5.71. The van der Waals surface area contributed by atoms with Crippen LogP contribution in [0.1, 0.15) is 37.5 Å². The number of hydrogen-bond acceptors (Lipinski definition) is 2. The molecule has 0 unspecified atom stereocenters. The van der Waals surface area contributed by atoms with Gasteiger partial charge in [-0.2, -0.15) is 0 Å². The first kappa shape index (κ1) is 19.1. The van der Waals surface area contributed by atoms with E-state index in [1.54, 1.807) is 0 Å². The van der Waals surface area contributed by atoms with Crippen LogP contribution >= 0.6 is 0 Å². The third kappa shape index (κ3) is 3.61. The molecule has 3 heteroatoms. The topological polar surface area (TPSA) is 30.7 Å². The van der Waals surface area contributed by atoms with E-state index in [9.17, 15) is 0 Å². The summed E-state index contributed by atoms with van der Waals surface area (Å²) < 4.78 is 2.18. The zero-order chi connectivity index (χ0) is 20.6. The van der Waals surface area contributed by atoms with E-state index < -0.39 is 0 Å². The van der Waals surface area contributed by atoms with Crippen LogP contribution in [0.15, 0.2) is 72.8 Å². The predicted octanol–water partition coefficient (Wildman–Crippen LogP) is 6.52. The lowest BCUT2D eigenvalue weighted by Crippen LogP contribution is -2.11. The molecule has 0 fully saturated rings. The summed E-state index contributed by atoms with van der Waals surface area (Å²) in [6.07, 6.45) is 0. The van der Waals surface area contributed by atoms with Crippen molar-refractivity contribution in [1.29, 1.82) is 0 Å². The average molecular weight is 382 g/mol. The molecule has 0 aliphatic rings. The first-order valence-electron chi connectivity index (χ1n) is 10.0. The smallest absolute Gasteiger partial charge is 0.169 e. The van der Waals surface area contributed by atoms with Gasteiger partial charge in [0.1, 0.15) is 0 Å². The molecule has 4 aromatic rings. The maximum Gasteiger partial charge on any atom is 0.169 e. The largest absolute Gasteiger partial charge is 0.275 e. The number of nitrogens with zero attached hydrogens (tertiary/aromatic N) is 3. The summed E-state index contributed by atoms with van der Waals surface area (Å²) in [6.45, 7) is 11.0. The van der Waals surface area contributed by atoms with E-state index in [1.807, 2.05) is 18.2 Å². The summed E-state index contributed by atoms with van der Waals surface area (Å²) in [5, 5.41) is 9.25. The van der Waals surface area contributed by atoms with Gasteiger partial charge in [0.2, 0.25) is 0 Å². The number of hydrogen-bond donors (Lipinski definition) is 0. The third-order valence-electron chi connectivity index (χ3n) is 5.39. The highest BCUT2D eigenvalue weighted by Gasteiger charge is 2.20. The Balaban J connectivity index is 1.96. The van der Waals surface area contributed by atoms with Crippen LogP contribution in [0.25, 0.3) is 28.5 Å². The quantitative estimate of drug-likeness (QED) is 0.405. The van der Waals surface area contributed by atoms with E-state index in [2.05, 4.69) is 104 Å². The average Bonchev–Trinajstić information content (AvgIpc) is 3.12. The van der Waals surface area contributed by atoms with E-state index >= 15 is 0 Å². The van der Waals surface area contributed by atoms with Gasteiger partial charge in [-0.15, -0.1) is 10.2 Å². The SMILES string of the molecule is Cc1cccc(C)c1-c1nnc(-c2ccccc2)n1-c1ccc(C(C)(C)C)cc1. The van der Waals surface area contributed by atoms with E-state index in [1.165, 1.54) is 16.7 Å². The van der Waals surface area contributed by atoms with Gasteiger partial charge in [-0.05, 0) is 48.1 Å². The van der Waals surface area contributed by atoms with Gasteiger partial charge in [-0.1, -0.05) is 81.4 Å². The molecule has 1 heterocycles. The zero-order valence-electron chi connectivity index (χ0n) is 17.8. The van der Waals surface area contributed by atoms with Gasteiger partial charge in [0.25, 0.3) is 0 Å². The van der Waals surface area contributed by atoms with Crippen molar-refractivity contribution in [1.82, 2.24) is 14.8 Å². The van der Waals surface area contributed by atoms with Crippen molar-refractivity contribution in [3.8, 4) is 28.5 Å². The Kier molecular flexibility index (Phi) is 4.83. The van der Waals surface area contributed by atoms with Gasteiger partial charge in [0.05, 0.1) is 0 Å². The van der Waals surface area contributed by atoms with Gasteiger partial charge >= 0.3 is 0 Å². The molecule has 3 aromatic carbocycles. The first-order valence-corrected chi connectivity index (χ1v) is 10.0. The second-order valence-corrected chi connectivity index (χ2v) is 8.61. The van der Waals surface area contributed by atoms with Crippen LogP contribution in [-0.4, -0.2) is 14.8 Å². The predicted molar refractivity (Wildman–Crippen MR) is 120 cm³/mol. The summed E-state index contributed by atoms with van der Waals surface area (Å²) >= 11 is 0. The van der Waals surface area contributed by atoms with Crippen molar-refractivity contribution in [2.75, 3.05) is 0 Å². The molecule has 0 bridgehead atoms. The normalized spacial score (nSPS) is 11.6. The van der Waals surface area contributed by atoms with Crippen molar-refractivity contribution >= 4 is 0 Å². The molecule has 29 heavy (non-hydrogen) atoms. The van der Waals surface area contributed by atoms with E-state index in [-0.39, 0.29) is 5.41 Å². The summed E-state index contributed by atoms with van der Waals surface area (Å²) in [5.74, 6) is 1.73. The Morgan fingerprint density at radius 1 is 0.655 bits per heavy atom. The van der Waals surface area contributed by atoms with Gasteiger partial charge in [0, 0.05) is 16.8 Å². The second-order valence-electron chi connectivity index (χ2n) is 8.61. The lowest BCUT2D eigenvalue weighted by Gasteiger charge is -2.20. The van der Waals surface area contributed by atoms with Crippen LogP contribution < -0.4 is 0 Å². The molecule has 0 spiro atoms. The molecule has 146 valence electrons. The molecular weight excluding hydrogens is 354 g/mol. The van der Waals surface area contributed by atoms with E-state index in [0.717, 1.165) is 28.5 Å². The minimum absolute atomic E-state index is 0.114. The van der Waals surface area contributed by atoms with Crippen LogP contribution in [0.4, 0.5) is 0 Å². The zero-order valence-corrected chi connectivity index (χ0v) is 17.8. The Morgan fingerprint density at radius 3 is 1.83 bits per heavy atom. The maximum absolute atomic E-state index is 4.64. The number of rotatable bonds is 3. The summed E-state index contributed by atoms with van der Waals surface area (Å²) in [4.78, 5) is 0. The first-order chi connectivity index (χ1) is 13.9. The molecule has 4 rings (SSSR count). The molecule has 3 nitrogen and oxygen atoms in total. The monoisotopic (exact) mass is 381 g/mol. The number of benzene rings is 3. The minimum atomic E-state index is 0.114. The van der Waals surface area contributed by atoms with Gasteiger partial charge < -0.3 is 0 Å². The van der Waals surface area contributed by atoms with Crippen molar-refractivity contribution in [3.63, 3.8) is 0 Å². The Morgan fingerprint density at radius 2 is 1.24 bits per heavy atom. The fourth-order valence-corrected chi connectivity index (χ4v) is 3.74. The van der Waals surface area contributed by atoms with Gasteiger partial charge in [0.15, 0.2) is 11.6 Å². The third-order valence-corrected chi connectivity index (χ3v) is 5.39. The fourth-order valence-electron chi connectivity index (χ4n) is 3.74. The molecular formula is C26H27N3. The molecule has 0 amide bonds. The lowest BCUT2D eigenvalue weighted by atomic mass is 9.87. The molecule has 1 aromatic heterocycles. The Hall–Kier alpha value is -3.20. The van der Waals surface area contributed by atoms with Crippen molar-refractivity contribution in [2.24, 2.45) is 0 Å². The van der Waals surface area contributed by atoms with Crippen LogP contribution in [0, 0.1) is 13.8 Å². The molecule has 0 aliphatic carbocycles. The van der Waals surface area contributed by atoms with Crippen LogP contribution in [0.3, 0.4) is 0 Å². The minimum Gasteiger partial charge on any atom is -0.275 e. The Bertz CT molecular complexity index is 1110. The van der Waals surface area contributed by atoms with Crippen molar-refractivity contribution in [3.05, 3.63) is 89.5 Å². The van der Waals surface area contributed by atoms with E-state index in [4.69, 9.17) is 0 Å². The molecule has 0 saturated carbocycles. The number of aryl methyl sites for hydroxylation is 2. The standard InChI is InChI=1S/C26H27N3/c1-18-10-9-11-19(2)23(18)25-28-27-24(20-12-7-6-8-13-20)29(25)22-16-14-21(15-17-22)26(3,4)5/h6-17H,1-5H3. The molecule has 0 radical (unpaired) electrons. The highest BCUT2D eigenvalue weighted by atomic mass is 15.3. The molecule has 0 atom stereocenters. The van der Waals surface area contributed by atoms with Gasteiger partial charge in [-0.25, -0.2) is 0 Å². The fraction of sp³-hybridized carbons (Fsp3) is 0.231. The van der Waals surface area contributed by atoms with Crippen LogP contribution in [0.2, 0.25) is 0 Å². The van der Waals surface area contributed by atoms with Crippen LogP contribution in [0.5, 0.6) is 0 Å². The second kappa shape index (κ2) is 7.32. The maximum atomic E-state index is 4.64. The summed E-state index contributed by atoms with van der Waals surface area (Å²) in [5.41, 5.74) is 7.08. The van der Waals surface area contributed by atoms with Crippen molar-refractivity contribution < 1.29 is 0 Å². The Labute approximate surface area is 173 Å². The lowest BCUT2D eigenvalue weighted by molar-refractivity contribution is 0.590. The molecule has 0 saturated heterocycles. The van der Waals surface area contributed by atoms with Crippen LogP contribution in [-0.2, 0) is 5.41 Å². The summed E-state index contributed by atoms with van der Waals surface area (Å²) in [6, 6.07) is 25.4.